The summed E-state index contributed by atoms with van der Waals surface area (Å²) in [7, 11) is 0. The van der Waals surface area contributed by atoms with Crippen molar-refractivity contribution in [3.05, 3.63) is 63.3 Å². The van der Waals surface area contributed by atoms with Crippen LogP contribution in [-0.2, 0) is 6.42 Å². The van der Waals surface area contributed by atoms with Gasteiger partial charge in [-0.15, -0.1) is 11.3 Å². The first kappa shape index (κ1) is 19.2. The minimum atomic E-state index is 0.0612. The lowest BCUT2D eigenvalue weighted by atomic mass is 9.73. The zero-order valence-corrected chi connectivity index (χ0v) is 18.8. The Kier molecular flexibility index (Phi) is 4.35. The van der Waals surface area contributed by atoms with E-state index in [0.29, 0.717) is 0 Å². The van der Waals surface area contributed by atoms with Gasteiger partial charge in [0.25, 0.3) is 0 Å². The average molecular weight is 451 g/mol. The number of aryl methyl sites for hydroxylation is 1. The fraction of sp³-hybridized carbons (Fsp3) is 0.348. The molecule has 31 heavy (non-hydrogen) atoms. The number of anilines is 1. The summed E-state index contributed by atoms with van der Waals surface area (Å²) < 4.78 is 2.75. The van der Waals surface area contributed by atoms with Gasteiger partial charge in [-0.25, -0.2) is 9.50 Å². The van der Waals surface area contributed by atoms with Crippen LogP contribution >= 0.6 is 22.9 Å². The number of hydrogen-bond acceptors (Lipinski definition) is 6. The van der Waals surface area contributed by atoms with Gasteiger partial charge in [0.2, 0.25) is 0 Å². The second-order valence-corrected chi connectivity index (χ2v) is 10.2. The molecule has 0 amide bonds. The molecule has 4 aromatic rings. The smallest absolute Gasteiger partial charge is 0.155 e. The molecule has 158 valence electrons. The summed E-state index contributed by atoms with van der Waals surface area (Å²) in [6, 6.07) is 8.28. The average Bonchev–Trinajstić information content (AvgIpc) is 3.48. The molecule has 1 aliphatic carbocycles. The lowest BCUT2D eigenvalue weighted by molar-refractivity contribution is 0.187. The second-order valence-electron chi connectivity index (χ2n) is 8.65. The van der Waals surface area contributed by atoms with Crippen LogP contribution in [0.25, 0.3) is 16.8 Å². The van der Waals surface area contributed by atoms with Gasteiger partial charge in [0.1, 0.15) is 9.85 Å². The summed E-state index contributed by atoms with van der Waals surface area (Å²) in [5.41, 5.74) is 13.1. The molecule has 0 bridgehead atoms. The number of fused-ring (bicyclic) bond motifs is 2. The molecular formula is C23H23ClN6S. The summed E-state index contributed by atoms with van der Waals surface area (Å²) >= 11 is 7.97. The topological polar surface area (TPSA) is 72.3 Å². The molecule has 1 atom stereocenters. The van der Waals surface area contributed by atoms with Gasteiger partial charge in [-0.1, -0.05) is 17.7 Å². The maximum atomic E-state index is 6.73. The van der Waals surface area contributed by atoms with Crippen LogP contribution in [0.1, 0.15) is 35.8 Å². The molecule has 6 rings (SSSR count). The third-order valence-corrected chi connectivity index (χ3v) is 8.24. The monoisotopic (exact) mass is 450 g/mol. The highest BCUT2D eigenvalue weighted by atomic mass is 35.5. The number of hydrogen-bond donors (Lipinski definition) is 1. The van der Waals surface area contributed by atoms with E-state index < -0.39 is 0 Å². The van der Waals surface area contributed by atoms with E-state index in [0.717, 1.165) is 65.0 Å². The summed E-state index contributed by atoms with van der Waals surface area (Å²) in [6.07, 6.45) is 6.75. The predicted molar refractivity (Wildman–Crippen MR) is 125 cm³/mol. The SMILES string of the molecule is Cc1nc(N2CCC3(CC2)Cc2ncccc2[C@H]3N)c2ccnn2c1-c1ccsc1Cl. The van der Waals surface area contributed by atoms with E-state index in [1.807, 2.05) is 47.4 Å². The van der Waals surface area contributed by atoms with Crippen molar-refractivity contribution in [2.75, 3.05) is 18.0 Å². The van der Waals surface area contributed by atoms with E-state index in [-0.39, 0.29) is 11.5 Å². The molecule has 2 aliphatic rings. The zero-order chi connectivity index (χ0) is 21.2. The first-order chi connectivity index (χ1) is 15.1. The Bertz CT molecular complexity index is 1290. The Morgan fingerprint density at radius 3 is 2.77 bits per heavy atom. The van der Waals surface area contributed by atoms with Crippen molar-refractivity contribution in [1.82, 2.24) is 19.6 Å². The van der Waals surface area contributed by atoms with E-state index in [1.165, 1.54) is 22.6 Å². The number of pyridine rings is 1. The third kappa shape index (κ3) is 2.83. The summed E-state index contributed by atoms with van der Waals surface area (Å²) in [5, 5.41) is 6.61. The maximum absolute atomic E-state index is 6.73. The Morgan fingerprint density at radius 2 is 2.03 bits per heavy atom. The third-order valence-electron chi connectivity index (χ3n) is 7.07. The minimum Gasteiger partial charge on any atom is -0.355 e. The van der Waals surface area contributed by atoms with Crippen LogP contribution in [0.5, 0.6) is 0 Å². The first-order valence-corrected chi connectivity index (χ1v) is 11.9. The van der Waals surface area contributed by atoms with Gasteiger partial charge in [0.05, 0.1) is 17.6 Å². The van der Waals surface area contributed by atoms with Crippen LogP contribution in [0, 0.1) is 12.3 Å². The number of rotatable bonds is 2. The highest BCUT2D eigenvalue weighted by molar-refractivity contribution is 7.15. The van der Waals surface area contributed by atoms with Crippen molar-refractivity contribution in [3.63, 3.8) is 0 Å². The lowest BCUT2D eigenvalue weighted by Crippen LogP contribution is -2.44. The van der Waals surface area contributed by atoms with E-state index in [1.54, 1.807) is 0 Å². The van der Waals surface area contributed by atoms with E-state index in [9.17, 15) is 0 Å². The van der Waals surface area contributed by atoms with Crippen molar-refractivity contribution >= 4 is 34.3 Å². The van der Waals surface area contributed by atoms with Gasteiger partial charge in [0.15, 0.2) is 5.82 Å². The molecule has 1 spiro atoms. The molecule has 0 aromatic carbocycles. The molecule has 1 saturated heterocycles. The number of nitrogens with zero attached hydrogens (tertiary/aromatic N) is 5. The molecule has 1 fully saturated rings. The van der Waals surface area contributed by atoms with Gasteiger partial charge in [-0.2, -0.15) is 5.10 Å². The first-order valence-electron chi connectivity index (χ1n) is 10.6. The van der Waals surface area contributed by atoms with Crippen molar-refractivity contribution in [2.24, 2.45) is 11.1 Å². The standard InChI is InChI=1S/C23H23ClN6S/c1-14-19(16-5-12-31-21(16)24)30-18(4-9-27-30)22(28-14)29-10-6-23(7-11-29)13-17-15(20(23)25)3-2-8-26-17/h2-5,8-9,12,20H,6-7,10-11,13,25H2,1H3/t20-/m1/s1. The molecule has 5 heterocycles. The van der Waals surface area contributed by atoms with Gasteiger partial charge in [0, 0.05) is 36.6 Å². The predicted octanol–water partition coefficient (Wildman–Crippen LogP) is 4.66. The number of piperidine rings is 1. The van der Waals surface area contributed by atoms with E-state index in [2.05, 4.69) is 21.0 Å². The van der Waals surface area contributed by atoms with Crippen LogP contribution < -0.4 is 10.6 Å². The minimum absolute atomic E-state index is 0.0612. The van der Waals surface area contributed by atoms with E-state index in [4.69, 9.17) is 22.3 Å². The zero-order valence-electron chi connectivity index (χ0n) is 17.3. The van der Waals surface area contributed by atoms with Crippen LogP contribution in [0.3, 0.4) is 0 Å². The van der Waals surface area contributed by atoms with Crippen LogP contribution in [0.2, 0.25) is 4.34 Å². The highest BCUT2D eigenvalue weighted by Crippen LogP contribution is 2.50. The largest absolute Gasteiger partial charge is 0.355 e. The quantitative estimate of drug-likeness (QED) is 0.481. The van der Waals surface area contributed by atoms with Crippen LogP contribution in [0.15, 0.2) is 42.0 Å². The summed E-state index contributed by atoms with van der Waals surface area (Å²) in [4.78, 5) is 12.0. The molecule has 1 aliphatic heterocycles. The van der Waals surface area contributed by atoms with Gasteiger partial charge >= 0.3 is 0 Å². The van der Waals surface area contributed by atoms with Crippen molar-refractivity contribution < 1.29 is 0 Å². The molecule has 6 nitrogen and oxygen atoms in total. The summed E-state index contributed by atoms with van der Waals surface area (Å²) in [5.74, 6) is 0.988. The second kappa shape index (κ2) is 7.02. The molecule has 0 unspecified atom stereocenters. The van der Waals surface area contributed by atoms with E-state index >= 15 is 0 Å². The van der Waals surface area contributed by atoms with Crippen molar-refractivity contribution in [3.8, 4) is 11.3 Å². The van der Waals surface area contributed by atoms with Crippen LogP contribution in [-0.4, -0.2) is 32.7 Å². The Balaban J connectivity index is 1.33. The number of thiophene rings is 1. The Hall–Kier alpha value is -2.48. The number of aromatic nitrogens is 4. The Labute approximate surface area is 189 Å². The molecular weight excluding hydrogens is 428 g/mol. The Morgan fingerprint density at radius 1 is 1.19 bits per heavy atom. The lowest BCUT2D eigenvalue weighted by Gasteiger charge is -2.42. The maximum Gasteiger partial charge on any atom is 0.155 e. The van der Waals surface area contributed by atoms with Gasteiger partial charge < -0.3 is 10.6 Å². The fourth-order valence-corrected chi connectivity index (χ4v) is 6.31. The van der Waals surface area contributed by atoms with Crippen LogP contribution in [0.4, 0.5) is 5.82 Å². The fourth-order valence-electron chi connectivity index (χ4n) is 5.38. The molecule has 8 heteroatoms. The number of halogens is 1. The van der Waals surface area contributed by atoms with Crippen molar-refractivity contribution in [1.29, 1.82) is 0 Å². The van der Waals surface area contributed by atoms with Gasteiger partial charge in [-0.3, -0.25) is 4.98 Å². The molecule has 0 saturated carbocycles. The molecule has 0 radical (unpaired) electrons. The molecule has 2 N–H and O–H groups in total. The van der Waals surface area contributed by atoms with Gasteiger partial charge in [-0.05, 0) is 60.7 Å². The summed E-state index contributed by atoms with van der Waals surface area (Å²) in [6.45, 7) is 3.88. The number of nitrogens with two attached hydrogens (primary N) is 1. The van der Waals surface area contributed by atoms with Crippen molar-refractivity contribution in [2.45, 2.75) is 32.2 Å². The highest BCUT2D eigenvalue weighted by Gasteiger charge is 2.46. The normalized spacial score (nSPS) is 20.0. The molecule has 4 aromatic heterocycles.